The molecule has 0 fully saturated rings. The van der Waals surface area contributed by atoms with Gasteiger partial charge in [0.05, 0.1) is 16.7 Å². The van der Waals surface area contributed by atoms with Gasteiger partial charge in [-0.3, -0.25) is 4.79 Å². The topological polar surface area (TPSA) is 67.2 Å². The molecule has 0 saturated heterocycles. The maximum Gasteiger partial charge on any atom is 0.343 e. The molecule has 0 spiro atoms. The molecule has 0 unspecified atom stereocenters. The number of rotatable bonds is 3. The zero-order chi connectivity index (χ0) is 17.1. The number of esters is 1. The Balaban J connectivity index is 2.57. The fourth-order valence-corrected chi connectivity index (χ4v) is 2.34. The first-order valence-electron chi connectivity index (χ1n) is 7.19. The molecule has 0 saturated carbocycles. The number of hydrogen-bond donors (Lipinski definition) is 0. The highest BCUT2D eigenvalue weighted by Gasteiger charge is 2.22. The van der Waals surface area contributed by atoms with E-state index in [4.69, 9.17) is 4.74 Å². The summed E-state index contributed by atoms with van der Waals surface area (Å²) in [5.74, 6) is -0.793. The second-order valence-corrected chi connectivity index (χ2v) is 5.44. The number of benzene rings is 2. The summed E-state index contributed by atoms with van der Waals surface area (Å²) in [7, 11) is 0. The molecular weight excluding hydrogens is 290 g/mol. The van der Waals surface area contributed by atoms with Crippen LogP contribution in [0.3, 0.4) is 0 Å². The van der Waals surface area contributed by atoms with Gasteiger partial charge in [-0.25, -0.2) is 4.79 Å². The van der Waals surface area contributed by atoms with E-state index in [1.165, 1.54) is 6.92 Å². The quantitative estimate of drug-likeness (QED) is 0.490. The van der Waals surface area contributed by atoms with E-state index >= 15 is 0 Å². The van der Waals surface area contributed by atoms with Crippen LogP contribution in [0.25, 0.3) is 0 Å². The van der Waals surface area contributed by atoms with Gasteiger partial charge in [0.15, 0.2) is 11.5 Å². The van der Waals surface area contributed by atoms with Crippen LogP contribution in [-0.4, -0.2) is 11.8 Å². The minimum atomic E-state index is -0.578. The van der Waals surface area contributed by atoms with Crippen molar-refractivity contribution in [1.29, 1.82) is 5.26 Å². The number of aryl methyl sites for hydroxylation is 2. The van der Waals surface area contributed by atoms with Crippen molar-refractivity contribution in [3.05, 3.63) is 63.7 Å². The van der Waals surface area contributed by atoms with Crippen molar-refractivity contribution in [2.24, 2.45) is 0 Å². The van der Waals surface area contributed by atoms with Crippen LogP contribution in [0.1, 0.15) is 49.9 Å². The highest BCUT2D eigenvalue weighted by molar-refractivity contribution is 6.00. The molecule has 0 radical (unpaired) electrons. The van der Waals surface area contributed by atoms with Gasteiger partial charge < -0.3 is 4.74 Å². The Morgan fingerprint density at radius 1 is 1.04 bits per heavy atom. The second kappa shape index (κ2) is 6.45. The molecule has 2 aromatic rings. The molecule has 0 bridgehead atoms. The van der Waals surface area contributed by atoms with Crippen LogP contribution < -0.4 is 4.74 Å². The van der Waals surface area contributed by atoms with Gasteiger partial charge in [0, 0.05) is 0 Å². The molecule has 0 heterocycles. The molecule has 0 aliphatic heterocycles. The molecular formula is C19H17NO3. The first-order valence-corrected chi connectivity index (χ1v) is 7.19. The van der Waals surface area contributed by atoms with Gasteiger partial charge in [-0.1, -0.05) is 18.2 Å². The summed E-state index contributed by atoms with van der Waals surface area (Å²) in [5.41, 5.74) is 3.14. The molecule has 23 heavy (non-hydrogen) atoms. The third-order valence-corrected chi connectivity index (χ3v) is 3.85. The summed E-state index contributed by atoms with van der Waals surface area (Å²) in [4.78, 5) is 24.3. The Bertz CT molecular complexity index is 844. The van der Waals surface area contributed by atoms with Crippen molar-refractivity contribution < 1.29 is 14.3 Å². The Morgan fingerprint density at radius 3 is 2.26 bits per heavy atom. The lowest BCUT2D eigenvalue weighted by Crippen LogP contribution is -2.14. The van der Waals surface area contributed by atoms with Crippen molar-refractivity contribution in [1.82, 2.24) is 0 Å². The van der Waals surface area contributed by atoms with Crippen LogP contribution in [0.15, 0.2) is 30.3 Å². The van der Waals surface area contributed by atoms with Crippen LogP contribution in [0.5, 0.6) is 5.75 Å². The number of nitrogens with zero attached hydrogens (tertiary/aromatic N) is 1. The third kappa shape index (κ3) is 3.14. The summed E-state index contributed by atoms with van der Waals surface area (Å²) in [6.45, 7) is 6.77. The van der Waals surface area contributed by atoms with Gasteiger partial charge in [-0.2, -0.15) is 5.26 Å². The Hall–Kier alpha value is -2.93. The highest BCUT2D eigenvalue weighted by Crippen LogP contribution is 2.30. The second-order valence-electron chi connectivity index (χ2n) is 5.44. The van der Waals surface area contributed by atoms with Gasteiger partial charge >= 0.3 is 5.97 Å². The predicted molar refractivity (Wildman–Crippen MR) is 86.8 cm³/mol. The lowest BCUT2D eigenvalue weighted by molar-refractivity contribution is 0.0731. The van der Waals surface area contributed by atoms with Crippen molar-refractivity contribution in [2.45, 2.75) is 27.7 Å². The van der Waals surface area contributed by atoms with Crippen molar-refractivity contribution in [3.63, 3.8) is 0 Å². The molecule has 0 N–H and O–H groups in total. The molecule has 0 atom stereocenters. The minimum Gasteiger partial charge on any atom is -0.421 e. The van der Waals surface area contributed by atoms with Gasteiger partial charge in [0.2, 0.25) is 0 Å². The van der Waals surface area contributed by atoms with E-state index in [1.807, 2.05) is 19.1 Å². The summed E-state index contributed by atoms with van der Waals surface area (Å²) >= 11 is 0. The number of carbonyl (C=O) groups excluding carboxylic acids is 2. The number of Topliss-reactive ketones (excluding diaryl/α,β-unsaturated/α-hetero) is 1. The van der Waals surface area contributed by atoms with E-state index in [2.05, 4.69) is 0 Å². The van der Waals surface area contributed by atoms with Crippen LogP contribution in [0.4, 0.5) is 0 Å². The maximum absolute atomic E-state index is 12.4. The van der Waals surface area contributed by atoms with E-state index in [-0.39, 0.29) is 22.7 Å². The molecule has 0 aliphatic rings. The van der Waals surface area contributed by atoms with Crippen LogP contribution >= 0.6 is 0 Å². The molecule has 2 rings (SSSR count). The largest absolute Gasteiger partial charge is 0.421 e. The van der Waals surface area contributed by atoms with Crippen LogP contribution in [0, 0.1) is 32.1 Å². The molecule has 4 nitrogen and oxygen atoms in total. The number of nitriles is 1. The Labute approximate surface area is 135 Å². The number of ketones is 1. The molecule has 0 amide bonds. The average molecular weight is 307 g/mol. The summed E-state index contributed by atoms with van der Waals surface area (Å²) in [6.07, 6.45) is 0. The molecule has 116 valence electrons. The van der Waals surface area contributed by atoms with Crippen molar-refractivity contribution >= 4 is 11.8 Å². The lowest BCUT2D eigenvalue weighted by atomic mass is 9.97. The lowest BCUT2D eigenvalue weighted by Gasteiger charge is -2.14. The summed E-state index contributed by atoms with van der Waals surface area (Å²) in [6, 6.07) is 10.7. The van der Waals surface area contributed by atoms with Gasteiger partial charge in [-0.15, -0.1) is 0 Å². The smallest absolute Gasteiger partial charge is 0.343 e. The van der Waals surface area contributed by atoms with E-state index < -0.39 is 5.97 Å². The number of carbonyl (C=O) groups is 2. The minimum absolute atomic E-state index is 0.0383. The van der Waals surface area contributed by atoms with Crippen molar-refractivity contribution in [2.75, 3.05) is 0 Å². The molecule has 2 aromatic carbocycles. The highest BCUT2D eigenvalue weighted by atomic mass is 16.5. The van der Waals surface area contributed by atoms with Gasteiger partial charge in [0.1, 0.15) is 6.07 Å². The molecule has 0 aliphatic carbocycles. The first kappa shape index (κ1) is 16.4. The van der Waals surface area contributed by atoms with E-state index in [9.17, 15) is 14.9 Å². The monoisotopic (exact) mass is 307 g/mol. The summed E-state index contributed by atoms with van der Waals surface area (Å²) in [5, 5.41) is 9.42. The van der Waals surface area contributed by atoms with E-state index in [0.717, 1.165) is 11.1 Å². The molecule has 4 heteroatoms. The van der Waals surface area contributed by atoms with Crippen molar-refractivity contribution in [3.8, 4) is 11.8 Å². The average Bonchev–Trinajstić information content (AvgIpc) is 2.51. The Kier molecular flexibility index (Phi) is 4.61. The van der Waals surface area contributed by atoms with Crippen LogP contribution in [0.2, 0.25) is 0 Å². The normalized spacial score (nSPS) is 10.0. The maximum atomic E-state index is 12.4. The fourth-order valence-electron chi connectivity index (χ4n) is 2.34. The fraction of sp³-hybridized carbons (Fsp3) is 0.211. The van der Waals surface area contributed by atoms with Gasteiger partial charge in [0.25, 0.3) is 0 Å². The third-order valence-electron chi connectivity index (χ3n) is 3.85. The summed E-state index contributed by atoms with van der Waals surface area (Å²) < 4.78 is 5.45. The number of hydrogen-bond acceptors (Lipinski definition) is 4. The SMILES string of the molecule is CC(=O)c1cc(C)c(C)c(C#N)c1OC(=O)c1ccccc1C. The molecule has 0 aromatic heterocycles. The first-order chi connectivity index (χ1) is 10.9. The predicted octanol–water partition coefficient (Wildman–Crippen LogP) is 3.91. The Morgan fingerprint density at radius 2 is 1.70 bits per heavy atom. The zero-order valence-corrected chi connectivity index (χ0v) is 13.6. The van der Waals surface area contributed by atoms with E-state index in [0.29, 0.717) is 11.1 Å². The number of ether oxygens (including phenoxy) is 1. The van der Waals surface area contributed by atoms with E-state index in [1.54, 1.807) is 38.1 Å². The van der Waals surface area contributed by atoms with Crippen LogP contribution in [-0.2, 0) is 0 Å². The zero-order valence-electron chi connectivity index (χ0n) is 13.6. The standard InChI is InChI=1S/C19H17NO3/c1-11-7-5-6-8-15(11)19(22)23-18-16(14(4)21)9-12(2)13(3)17(18)10-20/h5-9H,1-4H3. The van der Waals surface area contributed by atoms with Gasteiger partial charge in [-0.05, 0) is 56.5 Å².